The van der Waals surface area contributed by atoms with Crippen molar-refractivity contribution in [1.29, 1.82) is 0 Å². The zero-order valence-corrected chi connectivity index (χ0v) is 17.2. The molecular formula is C24H21N5O2. The van der Waals surface area contributed by atoms with Crippen LogP contribution in [0.1, 0.15) is 15.9 Å². The maximum Gasteiger partial charge on any atom is 0.255 e. The standard InChI is InChI=1S/C24H21N5O2/c1-16-10-11-17(22(30)28-18-7-4-3-5-8-18)15-21(16)31-23-19(9-6-13-26-23)20-12-14-27-24(25-2)29-20/h3-15H,1-2H3,(H,28,30)(H,25,27,29). The van der Waals surface area contributed by atoms with Gasteiger partial charge >= 0.3 is 0 Å². The number of benzene rings is 2. The van der Waals surface area contributed by atoms with E-state index in [-0.39, 0.29) is 5.91 Å². The van der Waals surface area contributed by atoms with Crippen LogP contribution < -0.4 is 15.4 Å². The lowest BCUT2D eigenvalue weighted by atomic mass is 10.1. The summed E-state index contributed by atoms with van der Waals surface area (Å²) in [5.74, 6) is 1.23. The van der Waals surface area contributed by atoms with Gasteiger partial charge < -0.3 is 15.4 Å². The Morgan fingerprint density at radius 2 is 1.77 bits per heavy atom. The molecule has 0 aliphatic carbocycles. The number of nitrogens with zero attached hydrogens (tertiary/aromatic N) is 3. The summed E-state index contributed by atoms with van der Waals surface area (Å²) in [6, 6.07) is 20.1. The largest absolute Gasteiger partial charge is 0.438 e. The Kier molecular flexibility index (Phi) is 5.84. The van der Waals surface area contributed by atoms with E-state index in [0.717, 1.165) is 16.8 Å². The van der Waals surface area contributed by atoms with Crippen molar-refractivity contribution in [3.8, 4) is 22.9 Å². The molecular weight excluding hydrogens is 390 g/mol. The van der Waals surface area contributed by atoms with Crippen LogP contribution in [0.4, 0.5) is 11.6 Å². The molecule has 31 heavy (non-hydrogen) atoms. The van der Waals surface area contributed by atoms with Gasteiger partial charge in [0.1, 0.15) is 5.75 Å². The van der Waals surface area contributed by atoms with Crippen molar-refractivity contribution in [2.75, 3.05) is 17.7 Å². The van der Waals surface area contributed by atoms with E-state index in [2.05, 4.69) is 25.6 Å². The van der Waals surface area contributed by atoms with E-state index in [0.29, 0.717) is 28.8 Å². The van der Waals surface area contributed by atoms with Crippen LogP contribution in [0.15, 0.2) is 79.1 Å². The number of hydrogen-bond acceptors (Lipinski definition) is 6. The number of carbonyl (C=O) groups excluding carboxylic acids is 1. The molecule has 2 aromatic heterocycles. The molecule has 0 saturated carbocycles. The molecule has 0 saturated heterocycles. The van der Waals surface area contributed by atoms with Crippen LogP contribution in [0.3, 0.4) is 0 Å². The number of nitrogens with one attached hydrogen (secondary N) is 2. The second-order valence-electron chi connectivity index (χ2n) is 6.77. The molecule has 7 nitrogen and oxygen atoms in total. The summed E-state index contributed by atoms with van der Waals surface area (Å²) in [7, 11) is 1.76. The minimum Gasteiger partial charge on any atom is -0.438 e. The van der Waals surface area contributed by atoms with Gasteiger partial charge in [0.2, 0.25) is 11.8 Å². The smallest absolute Gasteiger partial charge is 0.255 e. The normalized spacial score (nSPS) is 10.4. The van der Waals surface area contributed by atoms with Gasteiger partial charge in [0.25, 0.3) is 5.91 Å². The molecule has 4 rings (SSSR count). The minimum absolute atomic E-state index is 0.216. The van der Waals surface area contributed by atoms with Gasteiger partial charge in [0.05, 0.1) is 11.3 Å². The van der Waals surface area contributed by atoms with Crippen molar-refractivity contribution in [2.45, 2.75) is 6.92 Å². The van der Waals surface area contributed by atoms with Crippen LogP contribution in [-0.4, -0.2) is 27.9 Å². The molecule has 0 unspecified atom stereocenters. The Labute approximate surface area is 180 Å². The maximum atomic E-state index is 12.7. The molecule has 154 valence electrons. The average Bonchev–Trinajstić information content (AvgIpc) is 2.81. The molecule has 0 aliphatic rings. The number of rotatable bonds is 6. The van der Waals surface area contributed by atoms with E-state index in [9.17, 15) is 4.79 Å². The maximum absolute atomic E-state index is 12.7. The number of amides is 1. The molecule has 0 spiro atoms. The first kappa shape index (κ1) is 20.0. The third-order valence-electron chi connectivity index (χ3n) is 4.61. The Balaban J connectivity index is 1.63. The van der Waals surface area contributed by atoms with E-state index in [1.54, 1.807) is 37.6 Å². The Hall–Kier alpha value is -4.26. The zero-order chi connectivity index (χ0) is 21.6. The number of carbonyl (C=O) groups is 1. The molecule has 0 atom stereocenters. The van der Waals surface area contributed by atoms with Crippen LogP contribution in [0.25, 0.3) is 11.3 Å². The summed E-state index contributed by atoms with van der Waals surface area (Å²) in [6.07, 6.45) is 3.32. The summed E-state index contributed by atoms with van der Waals surface area (Å²) in [5.41, 5.74) is 3.50. The van der Waals surface area contributed by atoms with Crippen molar-refractivity contribution in [3.63, 3.8) is 0 Å². The lowest BCUT2D eigenvalue weighted by Gasteiger charge is -2.13. The SMILES string of the molecule is CNc1nccc(-c2cccnc2Oc2cc(C(=O)Nc3ccccc3)ccc2C)n1. The second kappa shape index (κ2) is 9.04. The summed E-state index contributed by atoms with van der Waals surface area (Å²) in [5, 5.41) is 5.81. The fourth-order valence-corrected chi connectivity index (χ4v) is 2.98. The van der Waals surface area contributed by atoms with Gasteiger partial charge in [-0.1, -0.05) is 24.3 Å². The van der Waals surface area contributed by atoms with Gasteiger partial charge in [0, 0.05) is 30.7 Å². The number of aryl methyl sites for hydroxylation is 1. The van der Waals surface area contributed by atoms with Crippen molar-refractivity contribution < 1.29 is 9.53 Å². The molecule has 0 bridgehead atoms. The van der Waals surface area contributed by atoms with Crippen molar-refractivity contribution in [3.05, 3.63) is 90.3 Å². The van der Waals surface area contributed by atoms with Crippen LogP contribution >= 0.6 is 0 Å². The topological polar surface area (TPSA) is 89.0 Å². The number of hydrogen-bond donors (Lipinski definition) is 2. The quantitative estimate of drug-likeness (QED) is 0.467. The molecule has 2 N–H and O–H groups in total. The van der Waals surface area contributed by atoms with Gasteiger partial charge in [-0.2, -0.15) is 0 Å². The van der Waals surface area contributed by atoms with Crippen molar-refractivity contribution in [1.82, 2.24) is 15.0 Å². The molecule has 0 aliphatic heterocycles. The van der Waals surface area contributed by atoms with Crippen LogP contribution in [0.5, 0.6) is 11.6 Å². The van der Waals surface area contributed by atoms with E-state index < -0.39 is 0 Å². The predicted octanol–water partition coefficient (Wildman–Crippen LogP) is 4.93. The van der Waals surface area contributed by atoms with E-state index in [4.69, 9.17) is 4.74 Å². The first-order chi connectivity index (χ1) is 15.1. The Morgan fingerprint density at radius 3 is 2.58 bits per heavy atom. The number of para-hydroxylation sites is 1. The van der Waals surface area contributed by atoms with E-state index in [1.807, 2.05) is 55.5 Å². The highest BCUT2D eigenvalue weighted by Gasteiger charge is 2.14. The lowest BCUT2D eigenvalue weighted by molar-refractivity contribution is 0.102. The summed E-state index contributed by atoms with van der Waals surface area (Å²) >= 11 is 0. The summed E-state index contributed by atoms with van der Waals surface area (Å²) in [4.78, 5) is 25.7. The van der Waals surface area contributed by atoms with Crippen molar-refractivity contribution >= 4 is 17.5 Å². The van der Waals surface area contributed by atoms with Gasteiger partial charge in [-0.3, -0.25) is 4.79 Å². The second-order valence-corrected chi connectivity index (χ2v) is 6.77. The third-order valence-corrected chi connectivity index (χ3v) is 4.61. The molecule has 0 fully saturated rings. The Bertz CT molecular complexity index is 1210. The Morgan fingerprint density at radius 1 is 0.935 bits per heavy atom. The van der Waals surface area contributed by atoms with E-state index >= 15 is 0 Å². The molecule has 2 heterocycles. The molecule has 1 amide bonds. The fraction of sp³-hybridized carbons (Fsp3) is 0.0833. The zero-order valence-electron chi connectivity index (χ0n) is 17.2. The first-order valence-corrected chi connectivity index (χ1v) is 9.75. The summed E-state index contributed by atoms with van der Waals surface area (Å²) < 4.78 is 6.14. The predicted molar refractivity (Wildman–Crippen MR) is 120 cm³/mol. The number of anilines is 2. The molecule has 0 radical (unpaired) electrons. The van der Waals surface area contributed by atoms with Crippen LogP contribution in [-0.2, 0) is 0 Å². The highest BCUT2D eigenvalue weighted by atomic mass is 16.5. The molecule has 7 heteroatoms. The van der Waals surface area contributed by atoms with Crippen LogP contribution in [0.2, 0.25) is 0 Å². The highest BCUT2D eigenvalue weighted by molar-refractivity contribution is 6.04. The summed E-state index contributed by atoms with van der Waals surface area (Å²) in [6.45, 7) is 1.92. The first-order valence-electron chi connectivity index (χ1n) is 9.75. The van der Waals surface area contributed by atoms with Gasteiger partial charge in [-0.05, 0) is 55.0 Å². The lowest BCUT2D eigenvalue weighted by Crippen LogP contribution is -2.12. The fourth-order valence-electron chi connectivity index (χ4n) is 2.98. The highest BCUT2D eigenvalue weighted by Crippen LogP contribution is 2.32. The number of pyridine rings is 1. The van der Waals surface area contributed by atoms with Crippen molar-refractivity contribution in [2.24, 2.45) is 0 Å². The monoisotopic (exact) mass is 411 g/mol. The van der Waals surface area contributed by atoms with E-state index in [1.165, 1.54) is 0 Å². The third kappa shape index (κ3) is 4.67. The molecule has 4 aromatic rings. The number of aromatic nitrogens is 3. The molecule has 2 aromatic carbocycles. The van der Waals surface area contributed by atoms with Gasteiger partial charge in [-0.15, -0.1) is 0 Å². The van der Waals surface area contributed by atoms with Gasteiger partial charge in [0.15, 0.2) is 0 Å². The minimum atomic E-state index is -0.216. The number of ether oxygens (including phenoxy) is 1. The van der Waals surface area contributed by atoms with Gasteiger partial charge in [-0.25, -0.2) is 15.0 Å². The van der Waals surface area contributed by atoms with Crippen LogP contribution in [0, 0.1) is 6.92 Å². The average molecular weight is 411 g/mol.